The first-order valence-electron chi connectivity index (χ1n) is 6.00. The zero-order valence-corrected chi connectivity index (χ0v) is 10.8. The average molecular weight is 287 g/mol. The normalized spacial score (nSPS) is 12.0. The van der Waals surface area contributed by atoms with Crippen molar-refractivity contribution in [1.82, 2.24) is 5.32 Å². The third-order valence-corrected chi connectivity index (χ3v) is 2.60. The molecule has 1 unspecified atom stereocenters. The van der Waals surface area contributed by atoms with Crippen molar-refractivity contribution in [3.63, 3.8) is 0 Å². The summed E-state index contributed by atoms with van der Waals surface area (Å²) >= 11 is 0. The van der Waals surface area contributed by atoms with Crippen molar-refractivity contribution in [3.05, 3.63) is 29.8 Å². The monoisotopic (exact) mass is 287 g/mol. The van der Waals surface area contributed by atoms with E-state index in [0.717, 1.165) is 0 Å². The van der Waals surface area contributed by atoms with Gasteiger partial charge in [-0.25, -0.2) is 0 Å². The zero-order chi connectivity index (χ0) is 15.1. The number of carboxylic acids is 1. The van der Waals surface area contributed by atoms with Gasteiger partial charge in [0.2, 0.25) is 0 Å². The molecule has 1 rings (SSSR count). The number of carboxylic acid groups (broad SMARTS) is 1. The van der Waals surface area contributed by atoms with E-state index in [4.69, 9.17) is 5.11 Å². The van der Waals surface area contributed by atoms with Crippen molar-refractivity contribution in [3.8, 4) is 5.75 Å². The number of carbonyl (C=O) groups is 2. The van der Waals surface area contributed by atoms with E-state index in [-0.39, 0.29) is 17.7 Å². The maximum absolute atomic E-state index is 12.2. The maximum atomic E-state index is 12.2. The molecule has 7 heteroatoms. The molecule has 0 aliphatic carbocycles. The molecule has 1 atom stereocenters. The van der Waals surface area contributed by atoms with Gasteiger partial charge in [0.1, 0.15) is 5.75 Å². The van der Waals surface area contributed by atoms with Crippen LogP contribution in [0.25, 0.3) is 0 Å². The van der Waals surface area contributed by atoms with Gasteiger partial charge >= 0.3 is 12.6 Å². The van der Waals surface area contributed by atoms with E-state index >= 15 is 0 Å². The van der Waals surface area contributed by atoms with Crippen LogP contribution >= 0.6 is 0 Å². The summed E-state index contributed by atoms with van der Waals surface area (Å²) in [6.07, 6.45) is 0.177. The van der Waals surface area contributed by atoms with Gasteiger partial charge in [0, 0.05) is 6.04 Å². The number of rotatable bonds is 7. The van der Waals surface area contributed by atoms with Gasteiger partial charge in [-0.15, -0.1) is 0 Å². The largest absolute Gasteiger partial charge is 0.481 e. The van der Waals surface area contributed by atoms with Crippen LogP contribution < -0.4 is 10.1 Å². The van der Waals surface area contributed by atoms with Crippen molar-refractivity contribution in [2.24, 2.45) is 0 Å². The molecule has 0 aliphatic rings. The van der Waals surface area contributed by atoms with Gasteiger partial charge in [-0.2, -0.15) is 8.78 Å². The van der Waals surface area contributed by atoms with Crippen LogP contribution in [0.2, 0.25) is 0 Å². The number of benzene rings is 1. The number of para-hydroxylation sites is 1. The highest BCUT2D eigenvalue weighted by molar-refractivity contribution is 5.97. The SMILES string of the molecule is CCC(CC(=O)O)NC(=O)c1ccccc1OC(F)F. The minimum absolute atomic E-state index is 0.0587. The lowest BCUT2D eigenvalue weighted by Gasteiger charge is -2.16. The van der Waals surface area contributed by atoms with Crippen LogP contribution in [-0.2, 0) is 4.79 Å². The maximum Gasteiger partial charge on any atom is 0.387 e. The van der Waals surface area contributed by atoms with Crippen LogP contribution in [0.5, 0.6) is 5.75 Å². The molecular weight excluding hydrogens is 272 g/mol. The third kappa shape index (κ3) is 4.83. The first-order valence-corrected chi connectivity index (χ1v) is 6.00. The number of aliphatic carboxylic acids is 1. The fraction of sp³-hybridized carbons (Fsp3) is 0.385. The van der Waals surface area contributed by atoms with E-state index < -0.39 is 24.5 Å². The van der Waals surface area contributed by atoms with Crippen molar-refractivity contribution >= 4 is 11.9 Å². The molecule has 0 spiro atoms. The Morgan fingerprint density at radius 2 is 2.00 bits per heavy atom. The summed E-state index contributed by atoms with van der Waals surface area (Å²) in [5, 5.41) is 11.2. The van der Waals surface area contributed by atoms with Gasteiger partial charge in [0.15, 0.2) is 0 Å². The third-order valence-electron chi connectivity index (χ3n) is 2.60. The van der Waals surface area contributed by atoms with Crippen molar-refractivity contribution in [2.45, 2.75) is 32.4 Å². The summed E-state index contributed by atoms with van der Waals surface area (Å²) in [7, 11) is 0. The summed E-state index contributed by atoms with van der Waals surface area (Å²) in [6.45, 7) is -1.32. The Morgan fingerprint density at radius 3 is 2.55 bits per heavy atom. The van der Waals surface area contributed by atoms with E-state index in [0.29, 0.717) is 6.42 Å². The Hall–Kier alpha value is -2.18. The lowest BCUT2D eigenvalue weighted by atomic mass is 10.1. The number of nitrogens with one attached hydrogen (secondary N) is 1. The molecular formula is C13H15F2NO4. The summed E-state index contributed by atoms with van der Waals surface area (Å²) < 4.78 is 28.7. The molecule has 1 aromatic rings. The van der Waals surface area contributed by atoms with E-state index in [9.17, 15) is 18.4 Å². The summed E-state index contributed by atoms with van der Waals surface area (Å²) in [5.74, 6) is -1.94. The highest BCUT2D eigenvalue weighted by Crippen LogP contribution is 2.20. The van der Waals surface area contributed by atoms with Crippen LogP contribution in [0, 0.1) is 0 Å². The minimum Gasteiger partial charge on any atom is -0.481 e. The van der Waals surface area contributed by atoms with E-state index in [2.05, 4.69) is 10.1 Å². The second-order valence-corrected chi connectivity index (χ2v) is 4.05. The Bertz CT molecular complexity index is 479. The summed E-state index contributed by atoms with van der Waals surface area (Å²) in [6, 6.07) is 4.98. The molecule has 0 saturated carbocycles. The van der Waals surface area contributed by atoms with Crippen molar-refractivity contribution < 1.29 is 28.2 Å². The molecule has 1 amide bonds. The van der Waals surface area contributed by atoms with Gasteiger partial charge < -0.3 is 15.2 Å². The fourth-order valence-electron chi connectivity index (χ4n) is 1.62. The van der Waals surface area contributed by atoms with Crippen LogP contribution in [0.15, 0.2) is 24.3 Å². The van der Waals surface area contributed by atoms with Gasteiger partial charge in [-0.05, 0) is 18.6 Å². The molecule has 0 aliphatic heterocycles. The molecule has 0 heterocycles. The predicted molar refractivity (Wildman–Crippen MR) is 66.9 cm³/mol. The molecule has 0 bridgehead atoms. The Balaban J connectivity index is 2.83. The number of amides is 1. The van der Waals surface area contributed by atoms with Gasteiger partial charge in [0.05, 0.1) is 12.0 Å². The Labute approximate surface area is 114 Å². The highest BCUT2D eigenvalue weighted by atomic mass is 19.3. The quantitative estimate of drug-likeness (QED) is 0.806. The van der Waals surface area contributed by atoms with Crippen molar-refractivity contribution in [1.29, 1.82) is 0 Å². The molecule has 5 nitrogen and oxygen atoms in total. The first kappa shape index (κ1) is 15.9. The van der Waals surface area contributed by atoms with Crippen LogP contribution in [0.1, 0.15) is 30.1 Å². The average Bonchev–Trinajstić information content (AvgIpc) is 2.37. The second-order valence-electron chi connectivity index (χ2n) is 4.05. The van der Waals surface area contributed by atoms with Gasteiger partial charge in [0.25, 0.3) is 5.91 Å². The molecule has 0 fully saturated rings. The van der Waals surface area contributed by atoms with Gasteiger partial charge in [-0.3, -0.25) is 9.59 Å². The van der Waals surface area contributed by atoms with Crippen LogP contribution in [-0.4, -0.2) is 29.6 Å². The number of halogens is 2. The Morgan fingerprint density at radius 1 is 1.35 bits per heavy atom. The minimum atomic E-state index is -3.04. The number of ether oxygens (including phenoxy) is 1. The topological polar surface area (TPSA) is 75.6 Å². The first-order chi connectivity index (χ1) is 9.43. The number of alkyl halides is 2. The molecule has 0 saturated heterocycles. The van der Waals surface area contributed by atoms with E-state index in [1.54, 1.807) is 6.92 Å². The smallest absolute Gasteiger partial charge is 0.387 e. The van der Waals surface area contributed by atoms with Crippen molar-refractivity contribution in [2.75, 3.05) is 0 Å². The number of hydrogen-bond acceptors (Lipinski definition) is 3. The fourth-order valence-corrected chi connectivity index (χ4v) is 1.62. The number of hydrogen-bond donors (Lipinski definition) is 2. The standard InChI is InChI=1S/C13H15F2NO4/c1-2-8(7-11(17)18)16-12(19)9-5-3-4-6-10(9)20-13(14)15/h3-6,8,13H,2,7H2,1H3,(H,16,19)(H,17,18). The second kappa shape index (κ2) is 7.42. The predicted octanol–water partition coefficient (Wildman–Crippen LogP) is 2.27. The molecule has 110 valence electrons. The summed E-state index contributed by atoms with van der Waals surface area (Å²) in [4.78, 5) is 22.6. The number of carbonyl (C=O) groups excluding carboxylic acids is 1. The molecule has 0 radical (unpaired) electrons. The van der Waals surface area contributed by atoms with Gasteiger partial charge in [-0.1, -0.05) is 19.1 Å². The Kier molecular flexibility index (Phi) is 5.89. The van der Waals surface area contributed by atoms with Crippen LogP contribution in [0.3, 0.4) is 0 Å². The zero-order valence-electron chi connectivity index (χ0n) is 10.8. The van der Waals surface area contributed by atoms with E-state index in [1.807, 2.05) is 0 Å². The molecule has 0 aromatic heterocycles. The lowest BCUT2D eigenvalue weighted by molar-refractivity contribution is -0.137. The van der Waals surface area contributed by atoms with E-state index in [1.165, 1.54) is 24.3 Å². The lowest BCUT2D eigenvalue weighted by Crippen LogP contribution is -2.36. The highest BCUT2D eigenvalue weighted by Gasteiger charge is 2.19. The molecule has 2 N–H and O–H groups in total. The molecule has 20 heavy (non-hydrogen) atoms. The van der Waals surface area contributed by atoms with Crippen LogP contribution in [0.4, 0.5) is 8.78 Å². The summed E-state index contributed by atoms with van der Waals surface area (Å²) in [5.41, 5.74) is -0.0587. The molecule has 1 aromatic carbocycles.